The molecule has 2 aliphatic rings. The molecule has 0 aromatic heterocycles. The molecule has 1 saturated carbocycles. The van der Waals surface area contributed by atoms with Crippen molar-refractivity contribution in [2.75, 3.05) is 5.32 Å². The molecule has 0 saturated heterocycles. The first kappa shape index (κ1) is 15.1. The van der Waals surface area contributed by atoms with Gasteiger partial charge in [-0.3, -0.25) is 4.79 Å². The first-order valence-electron chi connectivity index (χ1n) is 8.29. The maximum Gasteiger partial charge on any atom is 0.224 e. The summed E-state index contributed by atoms with van der Waals surface area (Å²) in [5.74, 6) is 1.01. The lowest BCUT2D eigenvalue weighted by Crippen LogP contribution is -2.19. The van der Waals surface area contributed by atoms with Crippen LogP contribution in [0.4, 0.5) is 5.69 Å². The molecule has 1 fully saturated rings. The van der Waals surface area contributed by atoms with Crippen LogP contribution < -0.4 is 5.32 Å². The van der Waals surface area contributed by atoms with Crippen LogP contribution in [0.2, 0.25) is 0 Å². The summed E-state index contributed by atoms with van der Waals surface area (Å²) >= 11 is 3.90. The molecule has 3 rings (SSSR count). The number of carbonyl (C=O) groups is 1. The monoisotopic (exact) mass is 349 g/mol. The van der Waals surface area contributed by atoms with Gasteiger partial charge in [-0.25, -0.2) is 0 Å². The Hall–Kier alpha value is -0.830. The Bertz CT molecular complexity index is 506. The summed E-state index contributed by atoms with van der Waals surface area (Å²) in [5, 5.41) is 2.96. The molecule has 0 radical (unpaired) electrons. The van der Waals surface area contributed by atoms with E-state index in [0.717, 1.165) is 18.0 Å². The third kappa shape index (κ3) is 3.88. The van der Waals surface area contributed by atoms with E-state index in [2.05, 4.69) is 39.4 Å². The number of fused-ring (bicyclic) bond motifs is 1. The van der Waals surface area contributed by atoms with Crippen molar-refractivity contribution in [3.05, 3.63) is 29.3 Å². The summed E-state index contributed by atoms with van der Waals surface area (Å²) in [4.78, 5) is 11.9. The van der Waals surface area contributed by atoms with E-state index >= 15 is 0 Å². The lowest BCUT2D eigenvalue weighted by molar-refractivity contribution is -0.116. The molecule has 1 unspecified atom stereocenters. The molecule has 1 heterocycles. The van der Waals surface area contributed by atoms with Crippen molar-refractivity contribution >= 4 is 27.5 Å². The van der Waals surface area contributed by atoms with E-state index in [9.17, 15) is 4.79 Å². The standard InChI is InChI=1S/C18H24BrNO/c19-16(11-13-5-3-1-2-4-6-13)14-7-9-17-15(12-14)8-10-18(21)20-17/h7,9,12-13,16H,1-6,8,10-11H2,(H,20,21). The van der Waals surface area contributed by atoms with Crippen molar-refractivity contribution in [3.63, 3.8) is 0 Å². The molecule has 0 spiro atoms. The number of alkyl halides is 1. The Morgan fingerprint density at radius 1 is 1.14 bits per heavy atom. The first-order chi connectivity index (χ1) is 10.2. The molecule has 114 valence electrons. The summed E-state index contributed by atoms with van der Waals surface area (Å²) in [6.07, 6.45) is 11.2. The summed E-state index contributed by atoms with van der Waals surface area (Å²) in [7, 11) is 0. The highest BCUT2D eigenvalue weighted by Gasteiger charge is 2.20. The third-order valence-electron chi connectivity index (χ3n) is 4.90. The largest absolute Gasteiger partial charge is 0.326 e. The van der Waals surface area contributed by atoms with Gasteiger partial charge in [-0.2, -0.15) is 0 Å². The average Bonchev–Trinajstić information content (AvgIpc) is 2.75. The van der Waals surface area contributed by atoms with Crippen LogP contribution in [0.1, 0.15) is 67.3 Å². The van der Waals surface area contributed by atoms with Gasteiger partial charge in [-0.1, -0.05) is 66.6 Å². The van der Waals surface area contributed by atoms with Gasteiger partial charge in [0.15, 0.2) is 0 Å². The zero-order chi connectivity index (χ0) is 14.7. The second-order valence-corrected chi connectivity index (χ2v) is 7.63. The number of amides is 1. The zero-order valence-electron chi connectivity index (χ0n) is 12.5. The molecule has 1 aromatic rings. The van der Waals surface area contributed by atoms with Crippen molar-refractivity contribution in [2.24, 2.45) is 5.92 Å². The van der Waals surface area contributed by atoms with Crippen molar-refractivity contribution in [1.29, 1.82) is 0 Å². The number of rotatable bonds is 3. The maximum atomic E-state index is 11.4. The SMILES string of the molecule is O=C1CCc2cc(C(Br)CC3CCCCCC3)ccc2N1. The molecule has 1 aliphatic carbocycles. The second kappa shape index (κ2) is 6.95. The number of aryl methyl sites for hydroxylation is 1. The molecular weight excluding hydrogens is 326 g/mol. The van der Waals surface area contributed by atoms with Crippen LogP contribution in [0.25, 0.3) is 0 Å². The minimum Gasteiger partial charge on any atom is -0.326 e. The number of benzene rings is 1. The van der Waals surface area contributed by atoms with Crippen LogP contribution in [0.3, 0.4) is 0 Å². The van der Waals surface area contributed by atoms with E-state index in [1.807, 2.05) is 0 Å². The fourth-order valence-electron chi connectivity index (χ4n) is 3.63. The lowest BCUT2D eigenvalue weighted by atomic mass is 9.91. The molecule has 21 heavy (non-hydrogen) atoms. The molecule has 3 heteroatoms. The van der Waals surface area contributed by atoms with Crippen molar-refractivity contribution in [2.45, 2.75) is 62.6 Å². The summed E-state index contributed by atoms with van der Waals surface area (Å²) in [5.41, 5.74) is 3.66. The average molecular weight is 350 g/mol. The van der Waals surface area contributed by atoms with E-state index < -0.39 is 0 Å². The highest BCUT2D eigenvalue weighted by molar-refractivity contribution is 9.09. The van der Waals surface area contributed by atoms with Crippen LogP contribution >= 0.6 is 15.9 Å². The van der Waals surface area contributed by atoms with Crippen molar-refractivity contribution in [1.82, 2.24) is 0 Å². The van der Waals surface area contributed by atoms with Crippen LogP contribution in [0, 0.1) is 5.92 Å². The minimum absolute atomic E-state index is 0.143. The Labute approximate surface area is 135 Å². The predicted octanol–water partition coefficient (Wildman–Crippen LogP) is 5.37. The Morgan fingerprint density at radius 2 is 1.90 bits per heavy atom. The molecule has 1 aromatic carbocycles. The topological polar surface area (TPSA) is 29.1 Å². The van der Waals surface area contributed by atoms with Crippen molar-refractivity contribution in [3.8, 4) is 0 Å². The molecule has 1 atom stereocenters. The van der Waals surface area contributed by atoms with Gasteiger partial charge in [0.2, 0.25) is 5.91 Å². The van der Waals surface area contributed by atoms with Crippen LogP contribution in [-0.4, -0.2) is 5.91 Å². The predicted molar refractivity (Wildman–Crippen MR) is 90.9 cm³/mol. The summed E-state index contributed by atoms with van der Waals surface area (Å²) < 4.78 is 0. The Balaban J connectivity index is 1.67. The highest BCUT2D eigenvalue weighted by atomic mass is 79.9. The fraction of sp³-hybridized carbons (Fsp3) is 0.611. The van der Waals surface area contributed by atoms with Crippen LogP contribution in [-0.2, 0) is 11.2 Å². The van der Waals surface area contributed by atoms with Gasteiger partial charge in [0.05, 0.1) is 0 Å². The van der Waals surface area contributed by atoms with Gasteiger partial charge in [0.1, 0.15) is 0 Å². The van der Waals surface area contributed by atoms with E-state index in [0.29, 0.717) is 11.2 Å². The number of carbonyl (C=O) groups excluding carboxylic acids is 1. The Morgan fingerprint density at radius 3 is 2.67 bits per heavy atom. The molecule has 1 N–H and O–H groups in total. The second-order valence-electron chi connectivity index (χ2n) is 6.53. The molecule has 1 amide bonds. The van der Waals surface area contributed by atoms with Crippen LogP contribution in [0.5, 0.6) is 0 Å². The van der Waals surface area contributed by atoms with E-state index in [1.165, 1.54) is 56.1 Å². The first-order valence-corrected chi connectivity index (χ1v) is 9.20. The zero-order valence-corrected chi connectivity index (χ0v) is 14.1. The van der Waals surface area contributed by atoms with E-state index in [4.69, 9.17) is 0 Å². The van der Waals surface area contributed by atoms with Gasteiger partial charge in [0, 0.05) is 16.9 Å². The number of hydrogen-bond acceptors (Lipinski definition) is 1. The van der Waals surface area contributed by atoms with Crippen LogP contribution in [0.15, 0.2) is 18.2 Å². The third-order valence-corrected chi connectivity index (χ3v) is 5.80. The fourth-order valence-corrected chi connectivity index (χ4v) is 4.44. The quantitative estimate of drug-likeness (QED) is 0.576. The normalized spacial score (nSPS) is 21.3. The van der Waals surface area contributed by atoms with Crippen molar-refractivity contribution < 1.29 is 4.79 Å². The van der Waals surface area contributed by atoms with Gasteiger partial charge >= 0.3 is 0 Å². The number of halogens is 1. The molecule has 2 nitrogen and oxygen atoms in total. The summed E-state index contributed by atoms with van der Waals surface area (Å²) in [6.45, 7) is 0. The lowest BCUT2D eigenvalue weighted by Gasteiger charge is -2.21. The van der Waals surface area contributed by atoms with Gasteiger partial charge in [0.25, 0.3) is 0 Å². The highest BCUT2D eigenvalue weighted by Crippen LogP contribution is 2.37. The van der Waals surface area contributed by atoms with E-state index in [-0.39, 0.29) is 5.91 Å². The summed E-state index contributed by atoms with van der Waals surface area (Å²) in [6, 6.07) is 6.52. The number of hydrogen-bond donors (Lipinski definition) is 1. The smallest absolute Gasteiger partial charge is 0.224 e. The minimum atomic E-state index is 0.143. The molecular formula is C18H24BrNO. The number of nitrogens with one attached hydrogen (secondary N) is 1. The number of anilines is 1. The van der Waals surface area contributed by atoms with E-state index in [1.54, 1.807) is 0 Å². The molecule has 0 bridgehead atoms. The van der Waals surface area contributed by atoms with Gasteiger partial charge in [-0.15, -0.1) is 0 Å². The Kier molecular flexibility index (Phi) is 4.99. The van der Waals surface area contributed by atoms with Gasteiger partial charge in [-0.05, 0) is 36.0 Å². The van der Waals surface area contributed by atoms with Gasteiger partial charge < -0.3 is 5.32 Å². The molecule has 1 aliphatic heterocycles. The maximum absolute atomic E-state index is 11.4.